The van der Waals surface area contributed by atoms with Gasteiger partial charge in [0, 0.05) is 37.5 Å². The minimum atomic E-state index is -1.03. The molecule has 0 spiro atoms. The van der Waals surface area contributed by atoms with Crippen LogP contribution in [0.15, 0.2) is 42.5 Å². The second-order valence-electron chi connectivity index (χ2n) is 7.19. The lowest BCUT2D eigenvalue weighted by molar-refractivity contribution is -0.137. The van der Waals surface area contributed by atoms with Crippen LogP contribution < -0.4 is 16.0 Å². The van der Waals surface area contributed by atoms with Crippen LogP contribution in [0.4, 0.5) is 17.1 Å². The van der Waals surface area contributed by atoms with Gasteiger partial charge in [-0.05, 0) is 42.5 Å². The zero-order valence-electron chi connectivity index (χ0n) is 18.2. The molecule has 11 nitrogen and oxygen atoms in total. The molecule has 0 saturated carbocycles. The van der Waals surface area contributed by atoms with E-state index in [4.69, 9.17) is 26.2 Å². The lowest BCUT2D eigenvalue weighted by Crippen LogP contribution is -2.38. The second-order valence-corrected chi connectivity index (χ2v) is 7.19. The van der Waals surface area contributed by atoms with Crippen LogP contribution in [-0.4, -0.2) is 64.8 Å². The minimum Gasteiger partial charge on any atom is -0.481 e. The van der Waals surface area contributed by atoms with E-state index in [2.05, 4.69) is 5.32 Å². The predicted molar refractivity (Wildman–Crippen MR) is 122 cm³/mol. The van der Waals surface area contributed by atoms with Crippen molar-refractivity contribution in [2.45, 2.75) is 13.3 Å². The van der Waals surface area contributed by atoms with Gasteiger partial charge in [0.2, 0.25) is 5.91 Å². The van der Waals surface area contributed by atoms with Crippen LogP contribution in [0.25, 0.3) is 0 Å². The fourth-order valence-corrected chi connectivity index (χ4v) is 3.03. The van der Waals surface area contributed by atoms with E-state index < -0.39 is 17.8 Å². The number of fused-ring (bicyclic) bond motifs is 1. The van der Waals surface area contributed by atoms with Gasteiger partial charge in [-0.25, -0.2) is 0 Å². The number of carbonyl (C=O) groups excluding carboxylic acids is 2. The summed E-state index contributed by atoms with van der Waals surface area (Å²) in [6.45, 7) is 0.865. The van der Waals surface area contributed by atoms with Crippen LogP contribution in [0.5, 0.6) is 0 Å². The first kappa shape index (κ1) is 24.9. The molecule has 6 N–H and O–H groups in total. The molecule has 2 aromatic rings. The number of nitrogens with two attached hydrogens (primary N) is 1. The molecule has 0 atom stereocenters. The van der Waals surface area contributed by atoms with E-state index in [9.17, 15) is 14.4 Å². The Kier molecular flexibility index (Phi) is 8.10. The number of hydrogen-bond donors (Lipinski definition) is 5. The van der Waals surface area contributed by atoms with Gasteiger partial charge >= 0.3 is 5.97 Å². The van der Waals surface area contributed by atoms with Gasteiger partial charge in [0.1, 0.15) is 12.4 Å². The number of aliphatic carboxylic acids is 2. The van der Waals surface area contributed by atoms with Crippen molar-refractivity contribution in [3.05, 3.63) is 53.6 Å². The molecule has 1 aliphatic heterocycles. The summed E-state index contributed by atoms with van der Waals surface area (Å²) in [5.41, 5.74) is 8.21. The smallest absolute Gasteiger partial charge is 0.305 e. The summed E-state index contributed by atoms with van der Waals surface area (Å²) < 4.78 is 0. The Bertz CT molecular complexity index is 1080. The number of rotatable bonds is 6. The first-order valence-electron chi connectivity index (χ1n) is 9.82. The molecule has 0 bridgehead atoms. The Balaban J connectivity index is 0.000000890. The number of nitrogens with zero attached hydrogens (tertiary/aromatic N) is 2. The molecule has 0 unspecified atom stereocenters. The summed E-state index contributed by atoms with van der Waals surface area (Å²) in [6.07, 6.45) is -0.238. The largest absolute Gasteiger partial charge is 0.481 e. The van der Waals surface area contributed by atoms with Gasteiger partial charge in [-0.3, -0.25) is 24.6 Å². The molecule has 0 fully saturated rings. The van der Waals surface area contributed by atoms with Crippen LogP contribution in [0.3, 0.4) is 0 Å². The third-order valence-corrected chi connectivity index (χ3v) is 4.66. The number of anilines is 3. The Labute approximate surface area is 189 Å². The van der Waals surface area contributed by atoms with Crippen LogP contribution in [0.2, 0.25) is 0 Å². The van der Waals surface area contributed by atoms with Crippen molar-refractivity contribution >= 4 is 46.7 Å². The monoisotopic (exact) mass is 455 g/mol. The van der Waals surface area contributed by atoms with Crippen LogP contribution >= 0.6 is 0 Å². The molecule has 174 valence electrons. The maximum absolute atomic E-state index is 13.0. The third kappa shape index (κ3) is 6.79. The van der Waals surface area contributed by atoms with Gasteiger partial charge in [-0.1, -0.05) is 0 Å². The summed E-state index contributed by atoms with van der Waals surface area (Å²) in [4.78, 5) is 47.9. The molecule has 0 radical (unpaired) electrons. The van der Waals surface area contributed by atoms with E-state index in [1.165, 1.54) is 9.80 Å². The Morgan fingerprint density at radius 3 is 2.21 bits per heavy atom. The van der Waals surface area contributed by atoms with Crippen molar-refractivity contribution in [2.75, 3.05) is 30.4 Å². The van der Waals surface area contributed by atoms with Crippen molar-refractivity contribution < 1.29 is 29.4 Å². The van der Waals surface area contributed by atoms with Gasteiger partial charge in [-0.15, -0.1) is 0 Å². The number of amidine groups is 1. The van der Waals surface area contributed by atoms with Gasteiger partial charge in [0.25, 0.3) is 11.9 Å². The topological polar surface area (TPSA) is 177 Å². The third-order valence-electron chi connectivity index (χ3n) is 4.66. The van der Waals surface area contributed by atoms with Gasteiger partial charge < -0.3 is 31.1 Å². The number of carboxylic acids is 2. The summed E-state index contributed by atoms with van der Waals surface area (Å²) in [5, 5.41) is 26.9. The fraction of sp³-hybridized carbons (Fsp3) is 0.227. The average Bonchev–Trinajstić information content (AvgIpc) is 2.83. The molecule has 2 amide bonds. The Hall–Kier alpha value is -4.41. The van der Waals surface area contributed by atoms with E-state index in [1.54, 1.807) is 49.5 Å². The van der Waals surface area contributed by atoms with E-state index in [0.717, 1.165) is 12.6 Å². The zero-order chi connectivity index (χ0) is 24.7. The molecule has 1 heterocycles. The van der Waals surface area contributed by atoms with Crippen molar-refractivity contribution in [1.29, 1.82) is 5.41 Å². The molecule has 33 heavy (non-hydrogen) atoms. The van der Waals surface area contributed by atoms with Gasteiger partial charge in [-0.2, -0.15) is 0 Å². The number of hydrogen-bond acceptors (Lipinski definition) is 6. The zero-order valence-corrected chi connectivity index (χ0v) is 18.2. The SMILES string of the molecule is CC(=O)O.CN1C(=O)CN(CCC(=O)O)C(=O)c2cc(Nc3ccc(C(=N)N)cc3)ccc21. The summed E-state index contributed by atoms with van der Waals surface area (Å²) >= 11 is 0. The fourth-order valence-electron chi connectivity index (χ4n) is 3.03. The molecule has 1 aliphatic rings. The van der Waals surface area contributed by atoms with E-state index in [0.29, 0.717) is 22.5 Å². The summed E-state index contributed by atoms with van der Waals surface area (Å²) in [7, 11) is 1.59. The van der Waals surface area contributed by atoms with Crippen LogP contribution in [0, 0.1) is 5.41 Å². The maximum Gasteiger partial charge on any atom is 0.305 e. The van der Waals surface area contributed by atoms with E-state index in [1.807, 2.05) is 0 Å². The highest BCUT2D eigenvalue weighted by atomic mass is 16.4. The van der Waals surface area contributed by atoms with Gasteiger partial charge in [0.05, 0.1) is 17.7 Å². The molecule has 0 aliphatic carbocycles. The van der Waals surface area contributed by atoms with Crippen LogP contribution in [0.1, 0.15) is 29.3 Å². The molecule has 0 saturated heterocycles. The lowest BCUT2D eigenvalue weighted by Gasteiger charge is -2.19. The number of nitrogen functional groups attached to an aromatic ring is 1. The number of nitrogens with one attached hydrogen (secondary N) is 2. The molecule has 3 rings (SSSR count). The number of carboxylic acid groups (broad SMARTS) is 2. The Morgan fingerprint density at radius 2 is 1.67 bits per heavy atom. The first-order chi connectivity index (χ1) is 15.5. The highest BCUT2D eigenvalue weighted by Crippen LogP contribution is 2.29. The predicted octanol–water partition coefficient (Wildman–Crippen LogP) is 1.70. The number of likely N-dealkylation sites (N-methyl/N-ethyl adjacent to an activating group) is 1. The number of benzene rings is 2. The normalized spacial score (nSPS) is 12.8. The van der Waals surface area contributed by atoms with Crippen LogP contribution in [-0.2, 0) is 14.4 Å². The highest BCUT2D eigenvalue weighted by molar-refractivity contribution is 6.10. The molecular formula is C22H25N5O6. The van der Waals surface area contributed by atoms with E-state index in [-0.39, 0.29) is 31.3 Å². The van der Waals surface area contributed by atoms with Crippen molar-refractivity contribution in [3.8, 4) is 0 Å². The van der Waals surface area contributed by atoms with Crippen molar-refractivity contribution in [2.24, 2.45) is 5.73 Å². The van der Waals surface area contributed by atoms with Crippen molar-refractivity contribution in [1.82, 2.24) is 4.90 Å². The second kappa shape index (κ2) is 10.8. The first-order valence-corrected chi connectivity index (χ1v) is 9.82. The number of carbonyl (C=O) groups is 4. The standard InChI is InChI=1S/C20H21N5O4.C2H4O2/c1-24-16-7-6-14(23-13-4-2-12(3-5-13)19(21)22)10-15(16)20(29)25(11-17(24)26)9-8-18(27)28;1-2(3)4/h2-7,10,23H,8-9,11H2,1H3,(H3,21,22)(H,27,28);1H3,(H,3,4). The minimum absolute atomic E-state index is 0.0265. The van der Waals surface area contributed by atoms with Crippen molar-refractivity contribution in [3.63, 3.8) is 0 Å². The highest BCUT2D eigenvalue weighted by Gasteiger charge is 2.30. The Morgan fingerprint density at radius 1 is 1.09 bits per heavy atom. The molecular weight excluding hydrogens is 430 g/mol. The molecule has 11 heteroatoms. The molecule has 0 aromatic heterocycles. The van der Waals surface area contributed by atoms with E-state index >= 15 is 0 Å². The van der Waals surface area contributed by atoms with Gasteiger partial charge in [0.15, 0.2) is 0 Å². The maximum atomic E-state index is 13.0. The number of amides is 2. The quantitative estimate of drug-likeness (QED) is 0.323. The summed E-state index contributed by atoms with van der Waals surface area (Å²) in [5.74, 6) is -2.58. The summed E-state index contributed by atoms with van der Waals surface area (Å²) in [6, 6.07) is 12.0. The average molecular weight is 455 g/mol. The lowest BCUT2D eigenvalue weighted by atomic mass is 10.1. The molecule has 2 aromatic carbocycles.